The van der Waals surface area contributed by atoms with E-state index in [0.717, 1.165) is 38.5 Å². The minimum atomic E-state index is -0.775. The molecule has 0 spiro atoms. The smallest absolute Gasteiger partial charge is 0.0860 e. The first-order valence-corrected chi connectivity index (χ1v) is 7.26. The molecule has 2 aliphatic rings. The predicted molar refractivity (Wildman–Crippen MR) is 68.3 cm³/mol. The molecule has 1 N–H and O–H groups in total. The van der Waals surface area contributed by atoms with Crippen molar-refractivity contribution in [2.75, 3.05) is 0 Å². The van der Waals surface area contributed by atoms with E-state index in [1.807, 2.05) is 6.92 Å². The Morgan fingerprint density at radius 3 is 2.12 bits per heavy atom. The summed E-state index contributed by atoms with van der Waals surface area (Å²) < 4.78 is 0. The van der Waals surface area contributed by atoms with E-state index in [-0.39, 0.29) is 0 Å². The summed E-state index contributed by atoms with van der Waals surface area (Å²) in [6.07, 6.45) is 11.2. The van der Waals surface area contributed by atoms with Crippen LogP contribution in [0.3, 0.4) is 0 Å². The van der Waals surface area contributed by atoms with Crippen LogP contribution in [-0.2, 0) is 0 Å². The average Bonchev–Trinajstić information content (AvgIpc) is 2.40. The molecule has 2 nitrogen and oxygen atoms in total. The summed E-state index contributed by atoms with van der Waals surface area (Å²) in [5.41, 5.74) is -1.24. The molecule has 2 heteroatoms. The summed E-state index contributed by atoms with van der Waals surface area (Å²) in [5, 5.41) is 20.6. The van der Waals surface area contributed by atoms with E-state index < -0.39 is 11.0 Å². The number of aliphatic hydroxyl groups is 1. The Hall–Kier alpha value is -0.550. The van der Waals surface area contributed by atoms with Crippen molar-refractivity contribution in [1.82, 2.24) is 0 Å². The van der Waals surface area contributed by atoms with Crippen molar-refractivity contribution in [3.8, 4) is 6.07 Å². The van der Waals surface area contributed by atoms with Gasteiger partial charge >= 0.3 is 0 Å². The van der Waals surface area contributed by atoms with Crippen LogP contribution in [0.5, 0.6) is 0 Å². The Balaban J connectivity index is 2.18. The van der Waals surface area contributed by atoms with E-state index in [1.54, 1.807) is 0 Å². The van der Waals surface area contributed by atoms with Crippen LogP contribution in [0.25, 0.3) is 0 Å². The first-order valence-electron chi connectivity index (χ1n) is 7.26. The van der Waals surface area contributed by atoms with Crippen molar-refractivity contribution in [2.24, 2.45) is 11.3 Å². The number of nitrogens with zero attached hydrogens (tertiary/aromatic N) is 1. The number of hydrogen-bond donors (Lipinski definition) is 1. The van der Waals surface area contributed by atoms with Crippen LogP contribution in [0, 0.1) is 22.7 Å². The number of hydrogen-bond acceptors (Lipinski definition) is 2. The Labute approximate surface area is 105 Å². The van der Waals surface area contributed by atoms with Gasteiger partial charge in [0.2, 0.25) is 0 Å². The first-order chi connectivity index (χ1) is 8.12. The fourth-order valence-electron chi connectivity index (χ4n) is 3.94. The van der Waals surface area contributed by atoms with E-state index in [4.69, 9.17) is 0 Å². The fourth-order valence-corrected chi connectivity index (χ4v) is 3.94. The first kappa shape index (κ1) is 12.9. The van der Waals surface area contributed by atoms with Crippen molar-refractivity contribution in [2.45, 2.75) is 76.7 Å². The van der Waals surface area contributed by atoms with Gasteiger partial charge < -0.3 is 5.11 Å². The highest BCUT2D eigenvalue weighted by Gasteiger charge is 2.52. The Bertz CT molecular complexity index is 291. The maximum Gasteiger partial charge on any atom is 0.0860 e. The summed E-state index contributed by atoms with van der Waals surface area (Å²) in [7, 11) is 0. The van der Waals surface area contributed by atoms with Gasteiger partial charge in [0.15, 0.2) is 0 Å². The zero-order valence-corrected chi connectivity index (χ0v) is 11.0. The quantitative estimate of drug-likeness (QED) is 0.791. The minimum absolute atomic E-state index is 0.342. The maximum atomic E-state index is 11.0. The highest BCUT2D eigenvalue weighted by atomic mass is 16.3. The molecule has 0 heterocycles. The topological polar surface area (TPSA) is 44.0 Å². The summed E-state index contributed by atoms with van der Waals surface area (Å²) in [5.74, 6) is 0.342. The van der Waals surface area contributed by atoms with E-state index in [1.165, 1.54) is 25.7 Å². The molecular formula is C15H25NO. The molecule has 0 bridgehead atoms. The molecule has 96 valence electrons. The van der Waals surface area contributed by atoms with Crippen molar-refractivity contribution in [1.29, 1.82) is 5.26 Å². The molecule has 2 saturated carbocycles. The van der Waals surface area contributed by atoms with Crippen molar-refractivity contribution >= 4 is 0 Å². The highest BCUT2D eigenvalue weighted by molar-refractivity contribution is 5.13. The largest absolute Gasteiger partial charge is 0.388 e. The van der Waals surface area contributed by atoms with Crippen LogP contribution in [-0.4, -0.2) is 10.7 Å². The third-order valence-corrected chi connectivity index (χ3v) is 5.29. The number of rotatable bonds is 2. The molecule has 2 rings (SSSR count). The van der Waals surface area contributed by atoms with Gasteiger partial charge in [0.25, 0.3) is 0 Å². The molecule has 0 aliphatic heterocycles. The molecular weight excluding hydrogens is 210 g/mol. The van der Waals surface area contributed by atoms with Crippen molar-refractivity contribution in [3.05, 3.63) is 0 Å². The molecule has 0 radical (unpaired) electrons. The van der Waals surface area contributed by atoms with Gasteiger partial charge in [-0.15, -0.1) is 0 Å². The van der Waals surface area contributed by atoms with E-state index in [2.05, 4.69) is 6.07 Å². The fraction of sp³-hybridized carbons (Fsp3) is 0.933. The SMILES string of the molecule is CC(O)(C1CCCCC1)C1(C#N)CCCCC1. The van der Waals surface area contributed by atoms with E-state index in [9.17, 15) is 10.4 Å². The van der Waals surface area contributed by atoms with Crippen LogP contribution >= 0.6 is 0 Å². The van der Waals surface area contributed by atoms with Gasteiger partial charge in [0, 0.05) is 0 Å². The van der Waals surface area contributed by atoms with Gasteiger partial charge in [-0.25, -0.2) is 0 Å². The van der Waals surface area contributed by atoms with Crippen molar-refractivity contribution in [3.63, 3.8) is 0 Å². The van der Waals surface area contributed by atoms with E-state index in [0.29, 0.717) is 5.92 Å². The van der Waals surface area contributed by atoms with Gasteiger partial charge in [0.1, 0.15) is 0 Å². The van der Waals surface area contributed by atoms with Gasteiger partial charge in [0.05, 0.1) is 17.1 Å². The Morgan fingerprint density at radius 2 is 1.59 bits per heavy atom. The minimum Gasteiger partial charge on any atom is -0.388 e. The standard InChI is InChI=1S/C15H25NO/c1-14(17,13-8-4-2-5-9-13)15(12-16)10-6-3-7-11-15/h13,17H,2-11H2,1H3. The Kier molecular flexibility index (Phi) is 3.78. The van der Waals surface area contributed by atoms with Gasteiger partial charge in [-0.05, 0) is 38.5 Å². The van der Waals surface area contributed by atoms with Crippen molar-refractivity contribution < 1.29 is 5.11 Å². The molecule has 1 atom stereocenters. The molecule has 2 fully saturated rings. The van der Waals surface area contributed by atoms with Crippen LogP contribution < -0.4 is 0 Å². The maximum absolute atomic E-state index is 11.0. The number of nitriles is 1. The van der Waals surface area contributed by atoms with Crippen LogP contribution in [0.2, 0.25) is 0 Å². The Morgan fingerprint density at radius 1 is 1.06 bits per heavy atom. The molecule has 0 aromatic rings. The second-order valence-electron chi connectivity index (χ2n) is 6.24. The molecule has 17 heavy (non-hydrogen) atoms. The van der Waals surface area contributed by atoms with Gasteiger partial charge in [-0.3, -0.25) is 0 Å². The molecule has 0 aromatic heterocycles. The second-order valence-corrected chi connectivity index (χ2v) is 6.24. The summed E-state index contributed by atoms with van der Waals surface area (Å²) >= 11 is 0. The van der Waals surface area contributed by atoms with Gasteiger partial charge in [-0.1, -0.05) is 38.5 Å². The lowest BCUT2D eigenvalue weighted by Gasteiger charge is -2.48. The van der Waals surface area contributed by atoms with Crippen LogP contribution in [0.1, 0.15) is 71.1 Å². The summed E-state index contributed by atoms with van der Waals surface area (Å²) in [6, 6.07) is 2.50. The lowest BCUT2D eigenvalue weighted by atomic mass is 9.58. The lowest BCUT2D eigenvalue weighted by Crippen LogP contribution is -2.52. The lowest BCUT2D eigenvalue weighted by molar-refractivity contribution is -0.110. The van der Waals surface area contributed by atoms with Gasteiger partial charge in [-0.2, -0.15) is 5.26 Å². The zero-order valence-electron chi connectivity index (χ0n) is 11.0. The van der Waals surface area contributed by atoms with Crippen LogP contribution in [0.15, 0.2) is 0 Å². The molecule has 2 aliphatic carbocycles. The molecule has 1 unspecified atom stereocenters. The summed E-state index contributed by atoms with van der Waals surface area (Å²) in [6.45, 7) is 1.94. The predicted octanol–water partition coefficient (Wildman–Crippen LogP) is 3.79. The van der Waals surface area contributed by atoms with E-state index >= 15 is 0 Å². The monoisotopic (exact) mass is 235 g/mol. The molecule has 0 aromatic carbocycles. The third-order valence-electron chi connectivity index (χ3n) is 5.29. The van der Waals surface area contributed by atoms with Crippen LogP contribution in [0.4, 0.5) is 0 Å². The summed E-state index contributed by atoms with van der Waals surface area (Å²) in [4.78, 5) is 0. The normalized spacial score (nSPS) is 29.2. The highest BCUT2D eigenvalue weighted by Crippen LogP contribution is 2.50. The second kappa shape index (κ2) is 4.98. The average molecular weight is 235 g/mol. The zero-order chi connectivity index (χ0) is 12.4. The molecule has 0 amide bonds. The molecule has 0 saturated heterocycles. The third kappa shape index (κ3) is 2.22.